The first-order valence-corrected chi connectivity index (χ1v) is 9.79. The molecular weight excluding hydrogens is 502 g/mol. The second-order valence-corrected chi connectivity index (χ2v) is 7.02. The molecular formula is C19H21ClF6N2O6. The van der Waals surface area contributed by atoms with E-state index in [9.17, 15) is 45.5 Å². The number of rotatable bonds is 8. The van der Waals surface area contributed by atoms with Gasteiger partial charge in [-0.25, -0.2) is 9.59 Å². The Labute approximate surface area is 195 Å². The highest BCUT2D eigenvalue weighted by Crippen LogP contribution is 2.16. The fraction of sp³-hybridized carbons (Fsp3) is 0.526. The average Bonchev–Trinajstić information content (AvgIpc) is 2.74. The normalized spacial score (nSPS) is 12.0. The first-order valence-electron chi connectivity index (χ1n) is 9.41. The molecule has 1 aromatic rings. The molecule has 0 aliphatic heterocycles. The van der Waals surface area contributed by atoms with Crippen LogP contribution in [0.4, 0.5) is 26.3 Å². The molecule has 34 heavy (non-hydrogen) atoms. The predicted molar refractivity (Wildman–Crippen MR) is 104 cm³/mol. The van der Waals surface area contributed by atoms with Crippen molar-refractivity contribution < 1.29 is 55.0 Å². The van der Waals surface area contributed by atoms with Gasteiger partial charge < -0.3 is 14.4 Å². The summed E-state index contributed by atoms with van der Waals surface area (Å²) >= 11 is 4.48. The van der Waals surface area contributed by atoms with Gasteiger partial charge in [-0.15, -0.1) is 0 Å². The first kappa shape index (κ1) is 31.1. The Balaban J connectivity index is 0.000000833. The Kier molecular flexibility index (Phi) is 13.2. The number of ether oxygens (including phenoxy) is 2. The summed E-state index contributed by atoms with van der Waals surface area (Å²) in [5, 5.41) is -1.57. The van der Waals surface area contributed by atoms with Gasteiger partial charge >= 0.3 is 35.4 Å². The van der Waals surface area contributed by atoms with Crippen molar-refractivity contribution in [3.05, 3.63) is 30.1 Å². The van der Waals surface area contributed by atoms with E-state index in [0.717, 1.165) is 11.3 Å². The topological polar surface area (TPSA) is 103 Å². The quantitative estimate of drug-likeness (QED) is 0.223. The van der Waals surface area contributed by atoms with Crippen LogP contribution in [0.1, 0.15) is 26.0 Å². The molecule has 0 spiro atoms. The van der Waals surface area contributed by atoms with Crippen molar-refractivity contribution in [1.82, 2.24) is 9.88 Å². The largest absolute Gasteiger partial charge is 0.449 e. The fourth-order valence-electron chi connectivity index (χ4n) is 1.95. The Hall–Kier alpha value is -2.90. The summed E-state index contributed by atoms with van der Waals surface area (Å²) in [7, 11) is 0. The van der Waals surface area contributed by atoms with Crippen LogP contribution in [0.25, 0.3) is 0 Å². The highest BCUT2D eigenvalue weighted by Gasteiger charge is 2.33. The van der Waals surface area contributed by atoms with E-state index in [2.05, 4.69) is 26.1 Å². The highest BCUT2D eigenvalue weighted by molar-refractivity contribution is 6.80. The highest BCUT2D eigenvalue weighted by atomic mass is 35.5. The molecule has 0 saturated carbocycles. The minimum Gasteiger partial charge on any atom is -0.449 e. The van der Waals surface area contributed by atoms with Gasteiger partial charge in [0.05, 0.1) is 12.2 Å². The lowest BCUT2D eigenvalue weighted by molar-refractivity contribution is -0.189. The van der Waals surface area contributed by atoms with Crippen LogP contribution < -0.4 is 0 Å². The molecule has 1 aromatic heterocycles. The van der Waals surface area contributed by atoms with Crippen LogP contribution in [0, 0.1) is 5.92 Å². The van der Waals surface area contributed by atoms with Crippen LogP contribution in [0.2, 0.25) is 0 Å². The standard InChI is InChI=1S/C15H19F3N2O3.C4H2ClF3O3/c1-3-11(2)8-20(9-12-6-4-5-7-19-12)13(21)14(22)23-10-15(16,17)18;5-2(9)3(10)11-1-4(6,7)8/h4-7,11H,3,8-10H2,1-2H3;1H2. The van der Waals surface area contributed by atoms with Gasteiger partial charge in [-0.05, 0) is 29.7 Å². The maximum atomic E-state index is 12.1. The molecule has 1 rings (SSSR count). The van der Waals surface area contributed by atoms with E-state index in [1.54, 1.807) is 18.2 Å². The number of carbonyl (C=O) groups excluding carboxylic acids is 4. The molecule has 8 nitrogen and oxygen atoms in total. The molecule has 0 aromatic carbocycles. The summed E-state index contributed by atoms with van der Waals surface area (Å²) in [6, 6.07) is 5.08. The van der Waals surface area contributed by atoms with Crippen molar-refractivity contribution in [2.45, 2.75) is 39.2 Å². The number of hydrogen-bond acceptors (Lipinski definition) is 7. The maximum Gasteiger partial charge on any atom is 0.422 e. The Morgan fingerprint density at radius 2 is 1.53 bits per heavy atom. The van der Waals surface area contributed by atoms with Gasteiger partial charge in [0.1, 0.15) is 0 Å². The monoisotopic (exact) mass is 522 g/mol. The van der Waals surface area contributed by atoms with Crippen LogP contribution >= 0.6 is 11.6 Å². The number of carbonyl (C=O) groups is 4. The van der Waals surface area contributed by atoms with Gasteiger partial charge in [0.15, 0.2) is 13.2 Å². The van der Waals surface area contributed by atoms with E-state index < -0.39 is 48.7 Å². The molecule has 1 unspecified atom stereocenters. The maximum absolute atomic E-state index is 12.1. The molecule has 0 N–H and O–H groups in total. The summed E-state index contributed by atoms with van der Waals surface area (Å²) in [4.78, 5) is 48.6. The average molecular weight is 523 g/mol. The van der Waals surface area contributed by atoms with Crippen molar-refractivity contribution in [2.75, 3.05) is 19.8 Å². The van der Waals surface area contributed by atoms with Crippen molar-refractivity contribution in [2.24, 2.45) is 5.92 Å². The third kappa shape index (κ3) is 15.0. The minimum absolute atomic E-state index is 0.0329. The SMILES string of the molecule is CCC(C)CN(Cc1ccccn1)C(=O)C(=O)OCC(F)(F)F.O=C(Cl)C(=O)OCC(F)(F)F. The number of aromatic nitrogens is 1. The van der Waals surface area contributed by atoms with Crippen LogP contribution in [0.5, 0.6) is 0 Å². The molecule has 0 saturated heterocycles. The van der Waals surface area contributed by atoms with Crippen LogP contribution in [0.15, 0.2) is 24.4 Å². The molecule has 1 atom stereocenters. The molecule has 0 bridgehead atoms. The molecule has 0 aliphatic carbocycles. The minimum atomic E-state index is -4.67. The summed E-state index contributed by atoms with van der Waals surface area (Å²) in [6.45, 7) is 0.469. The second-order valence-electron chi connectivity index (χ2n) is 6.68. The molecule has 15 heteroatoms. The lowest BCUT2D eigenvalue weighted by Crippen LogP contribution is -2.40. The summed E-state index contributed by atoms with van der Waals surface area (Å²) in [6.07, 6.45) is -7.02. The van der Waals surface area contributed by atoms with E-state index in [1.807, 2.05) is 13.8 Å². The van der Waals surface area contributed by atoms with Crippen molar-refractivity contribution in [3.8, 4) is 0 Å². The smallest absolute Gasteiger partial charge is 0.422 e. The fourth-order valence-corrected chi connectivity index (χ4v) is 2.01. The zero-order valence-electron chi connectivity index (χ0n) is 17.9. The van der Waals surface area contributed by atoms with Crippen LogP contribution in [-0.4, -0.2) is 65.1 Å². The van der Waals surface area contributed by atoms with Crippen molar-refractivity contribution in [1.29, 1.82) is 0 Å². The van der Waals surface area contributed by atoms with E-state index in [0.29, 0.717) is 5.69 Å². The molecule has 1 heterocycles. The van der Waals surface area contributed by atoms with E-state index in [1.165, 1.54) is 6.20 Å². The van der Waals surface area contributed by atoms with Crippen molar-refractivity contribution in [3.63, 3.8) is 0 Å². The van der Waals surface area contributed by atoms with Crippen molar-refractivity contribution >= 4 is 34.7 Å². The van der Waals surface area contributed by atoms with E-state index in [-0.39, 0.29) is 19.0 Å². The predicted octanol–water partition coefficient (Wildman–Crippen LogP) is 3.42. The van der Waals surface area contributed by atoms with Gasteiger partial charge in [-0.3, -0.25) is 14.6 Å². The molecule has 1 amide bonds. The number of amides is 1. The number of pyridine rings is 1. The van der Waals surface area contributed by atoms with E-state index >= 15 is 0 Å². The molecule has 0 fully saturated rings. The van der Waals surface area contributed by atoms with Crippen LogP contribution in [0.3, 0.4) is 0 Å². The third-order valence-corrected chi connectivity index (χ3v) is 3.82. The van der Waals surface area contributed by atoms with Gasteiger partial charge in [0.25, 0.3) is 0 Å². The summed E-state index contributed by atoms with van der Waals surface area (Å²) < 4.78 is 77.4. The summed E-state index contributed by atoms with van der Waals surface area (Å²) in [5.74, 6) is -4.23. The van der Waals surface area contributed by atoms with Gasteiger partial charge in [-0.2, -0.15) is 26.3 Å². The van der Waals surface area contributed by atoms with Gasteiger partial charge in [0.2, 0.25) is 0 Å². The first-order chi connectivity index (χ1) is 15.6. The Morgan fingerprint density at radius 3 is 1.94 bits per heavy atom. The van der Waals surface area contributed by atoms with Gasteiger partial charge in [-0.1, -0.05) is 26.3 Å². The van der Waals surface area contributed by atoms with E-state index in [4.69, 9.17) is 0 Å². The second kappa shape index (κ2) is 14.4. The summed E-state index contributed by atoms with van der Waals surface area (Å²) in [5.41, 5.74) is 0.535. The number of halogens is 7. The molecule has 0 aliphatic rings. The molecule has 192 valence electrons. The van der Waals surface area contributed by atoms with Gasteiger partial charge in [0, 0.05) is 12.7 Å². The number of hydrogen-bond donors (Lipinski definition) is 0. The van der Waals surface area contributed by atoms with Crippen LogP contribution in [-0.2, 0) is 35.2 Å². The Bertz CT molecular complexity index is 820. The number of alkyl halides is 6. The number of esters is 2. The molecule has 0 radical (unpaired) electrons. The zero-order valence-corrected chi connectivity index (χ0v) is 18.7. The lowest BCUT2D eigenvalue weighted by atomic mass is 10.1. The third-order valence-electron chi connectivity index (χ3n) is 3.66. The number of nitrogens with zero attached hydrogens (tertiary/aromatic N) is 2. The zero-order chi connectivity index (χ0) is 26.5. The Morgan fingerprint density at radius 1 is 1.00 bits per heavy atom. The lowest BCUT2D eigenvalue weighted by Gasteiger charge is -2.24.